The molecule has 1 atom stereocenters. The number of carbonyl (C=O) groups is 2. The molecule has 4 aromatic rings. The lowest BCUT2D eigenvalue weighted by molar-refractivity contribution is -0.119. The van der Waals surface area contributed by atoms with Gasteiger partial charge in [0.1, 0.15) is 31.9 Å². The van der Waals surface area contributed by atoms with Crippen molar-refractivity contribution in [1.82, 2.24) is 19.3 Å². The first kappa shape index (κ1) is 23.2. The summed E-state index contributed by atoms with van der Waals surface area (Å²) in [6.07, 6.45) is 2.88. The molecule has 36 heavy (non-hydrogen) atoms. The molecular formula is C26H26N6O4. The van der Waals surface area contributed by atoms with E-state index in [0.717, 1.165) is 22.8 Å². The average Bonchev–Trinajstić information content (AvgIpc) is 3.52. The lowest BCUT2D eigenvalue weighted by Crippen LogP contribution is -2.24. The summed E-state index contributed by atoms with van der Waals surface area (Å²) in [5.74, 6) is 0.977. The lowest BCUT2D eigenvalue weighted by Gasteiger charge is -2.20. The second kappa shape index (κ2) is 9.57. The standard InChI is InChI=1S/C26H26N6O4/c1-16-12-22(17(2)32(16)21-8-9-23-24(13-21)36-11-10-35-23)26(34)30-20-6-4-19(5-7-20)29-25(33)18(3)31-15-27-14-28-31/h4-9,12-15,18H,10-11H2,1-3H3,(H,29,33)(H,30,34). The zero-order valence-electron chi connectivity index (χ0n) is 20.2. The van der Waals surface area contributed by atoms with Crippen LogP contribution in [0.4, 0.5) is 11.4 Å². The number of aryl methyl sites for hydroxylation is 1. The summed E-state index contributed by atoms with van der Waals surface area (Å²) in [6.45, 7) is 6.65. The van der Waals surface area contributed by atoms with Crippen molar-refractivity contribution in [2.75, 3.05) is 23.8 Å². The monoisotopic (exact) mass is 486 g/mol. The van der Waals surface area contributed by atoms with Gasteiger partial charge < -0.3 is 24.7 Å². The van der Waals surface area contributed by atoms with Crippen molar-refractivity contribution in [1.29, 1.82) is 0 Å². The van der Waals surface area contributed by atoms with Crippen LogP contribution in [0, 0.1) is 13.8 Å². The predicted molar refractivity (Wildman–Crippen MR) is 134 cm³/mol. The van der Waals surface area contributed by atoms with Gasteiger partial charge in [-0.1, -0.05) is 0 Å². The van der Waals surface area contributed by atoms with Gasteiger partial charge in [-0.2, -0.15) is 5.10 Å². The molecule has 10 nitrogen and oxygen atoms in total. The molecular weight excluding hydrogens is 460 g/mol. The Morgan fingerprint density at radius 2 is 1.64 bits per heavy atom. The molecule has 184 valence electrons. The number of amides is 2. The summed E-state index contributed by atoms with van der Waals surface area (Å²) in [5.41, 5.74) is 4.43. The van der Waals surface area contributed by atoms with Crippen molar-refractivity contribution < 1.29 is 19.1 Å². The molecule has 10 heteroatoms. The van der Waals surface area contributed by atoms with Crippen LogP contribution in [-0.2, 0) is 4.79 Å². The Hall–Kier alpha value is -4.60. The van der Waals surface area contributed by atoms with Crippen LogP contribution in [0.3, 0.4) is 0 Å². The number of hydrogen-bond donors (Lipinski definition) is 2. The van der Waals surface area contributed by atoms with E-state index in [0.29, 0.717) is 35.9 Å². The van der Waals surface area contributed by atoms with E-state index in [9.17, 15) is 9.59 Å². The highest BCUT2D eigenvalue weighted by Crippen LogP contribution is 2.33. The van der Waals surface area contributed by atoms with E-state index < -0.39 is 6.04 Å². The van der Waals surface area contributed by atoms with Crippen molar-refractivity contribution >= 4 is 23.2 Å². The highest BCUT2D eigenvalue weighted by molar-refractivity contribution is 6.05. The minimum atomic E-state index is -0.503. The fourth-order valence-corrected chi connectivity index (χ4v) is 4.18. The number of hydrogen-bond acceptors (Lipinski definition) is 6. The zero-order valence-corrected chi connectivity index (χ0v) is 20.2. The summed E-state index contributed by atoms with van der Waals surface area (Å²) in [6, 6.07) is 14.1. The van der Waals surface area contributed by atoms with Crippen LogP contribution in [0.25, 0.3) is 5.69 Å². The third kappa shape index (κ3) is 4.52. The highest BCUT2D eigenvalue weighted by atomic mass is 16.6. The average molecular weight is 487 g/mol. The van der Waals surface area contributed by atoms with Crippen molar-refractivity contribution in [3.63, 3.8) is 0 Å². The van der Waals surface area contributed by atoms with Crippen LogP contribution in [0.5, 0.6) is 11.5 Å². The minimum absolute atomic E-state index is 0.219. The maximum atomic E-state index is 13.1. The summed E-state index contributed by atoms with van der Waals surface area (Å²) < 4.78 is 14.8. The summed E-state index contributed by atoms with van der Waals surface area (Å²) >= 11 is 0. The van der Waals surface area contributed by atoms with E-state index in [2.05, 4.69) is 20.7 Å². The zero-order chi connectivity index (χ0) is 25.2. The predicted octanol–water partition coefficient (Wildman–Crippen LogP) is 3.91. The van der Waals surface area contributed by atoms with Crippen LogP contribution in [0.2, 0.25) is 0 Å². The molecule has 0 radical (unpaired) electrons. The molecule has 0 saturated heterocycles. The number of nitrogens with one attached hydrogen (secondary N) is 2. The van der Waals surface area contributed by atoms with Crippen LogP contribution in [0.15, 0.2) is 61.2 Å². The van der Waals surface area contributed by atoms with E-state index in [-0.39, 0.29) is 11.8 Å². The fraction of sp³-hybridized carbons (Fsp3) is 0.231. The maximum Gasteiger partial charge on any atom is 0.257 e. The van der Waals surface area contributed by atoms with Gasteiger partial charge in [-0.25, -0.2) is 9.67 Å². The Kier molecular flexibility index (Phi) is 6.16. The molecule has 0 aliphatic carbocycles. The molecule has 2 aromatic heterocycles. The van der Waals surface area contributed by atoms with E-state index in [1.165, 1.54) is 17.3 Å². The number of fused-ring (bicyclic) bond motifs is 1. The van der Waals surface area contributed by atoms with E-state index in [1.807, 2.05) is 42.7 Å². The first-order valence-electron chi connectivity index (χ1n) is 11.6. The third-order valence-electron chi connectivity index (χ3n) is 6.08. The van der Waals surface area contributed by atoms with E-state index in [1.54, 1.807) is 31.2 Å². The Labute approximate surface area is 207 Å². The van der Waals surface area contributed by atoms with Gasteiger partial charge in [-0.15, -0.1) is 0 Å². The molecule has 2 aromatic carbocycles. The molecule has 0 fully saturated rings. The van der Waals surface area contributed by atoms with E-state index >= 15 is 0 Å². The highest BCUT2D eigenvalue weighted by Gasteiger charge is 2.20. The first-order valence-corrected chi connectivity index (χ1v) is 11.6. The van der Waals surface area contributed by atoms with Crippen LogP contribution < -0.4 is 20.1 Å². The van der Waals surface area contributed by atoms with Crippen molar-refractivity contribution in [3.05, 3.63) is 78.1 Å². The van der Waals surface area contributed by atoms with Crippen LogP contribution in [-0.4, -0.2) is 44.4 Å². The van der Waals surface area contributed by atoms with Gasteiger partial charge in [0.2, 0.25) is 5.91 Å². The molecule has 3 heterocycles. The third-order valence-corrected chi connectivity index (χ3v) is 6.08. The Morgan fingerprint density at radius 1 is 0.944 bits per heavy atom. The summed E-state index contributed by atoms with van der Waals surface area (Å²) in [7, 11) is 0. The number of anilines is 2. The number of benzene rings is 2. The molecule has 1 aliphatic rings. The lowest BCUT2D eigenvalue weighted by atomic mass is 10.2. The molecule has 2 N–H and O–H groups in total. The van der Waals surface area contributed by atoms with Gasteiger partial charge in [0.15, 0.2) is 11.5 Å². The van der Waals surface area contributed by atoms with Crippen molar-refractivity contribution in [2.45, 2.75) is 26.8 Å². The van der Waals surface area contributed by atoms with Gasteiger partial charge in [0.05, 0.1) is 5.56 Å². The number of nitrogens with zero attached hydrogens (tertiary/aromatic N) is 4. The number of carbonyl (C=O) groups excluding carboxylic acids is 2. The van der Waals surface area contributed by atoms with Gasteiger partial charge in [-0.05, 0) is 63.2 Å². The Bertz CT molecular complexity index is 1410. The van der Waals surface area contributed by atoms with E-state index in [4.69, 9.17) is 9.47 Å². The quantitative estimate of drug-likeness (QED) is 0.427. The second-order valence-electron chi connectivity index (χ2n) is 8.52. The SMILES string of the molecule is Cc1cc(C(=O)Nc2ccc(NC(=O)C(C)n3cncn3)cc2)c(C)n1-c1ccc2c(c1)OCCO2. The molecule has 2 amide bonds. The van der Waals surface area contributed by atoms with Gasteiger partial charge in [-0.3, -0.25) is 9.59 Å². The summed E-state index contributed by atoms with van der Waals surface area (Å²) in [4.78, 5) is 29.4. The molecule has 0 saturated carbocycles. The molecule has 0 spiro atoms. The van der Waals surface area contributed by atoms with Crippen molar-refractivity contribution in [3.8, 4) is 17.2 Å². The topological polar surface area (TPSA) is 112 Å². The first-order chi connectivity index (χ1) is 17.4. The summed E-state index contributed by atoms with van der Waals surface area (Å²) in [5, 5.41) is 9.77. The van der Waals surface area contributed by atoms with Crippen LogP contribution >= 0.6 is 0 Å². The Morgan fingerprint density at radius 3 is 2.33 bits per heavy atom. The van der Waals surface area contributed by atoms with Crippen LogP contribution in [0.1, 0.15) is 34.7 Å². The van der Waals surface area contributed by atoms with Gasteiger partial charge >= 0.3 is 0 Å². The Balaban J connectivity index is 1.28. The smallest absolute Gasteiger partial charge is 0.257 e. The molecule has 0 bridgehead atoms. The second-order valence-corrected chi connectivity index (χ2v) is 8.52. The molecule has 5 rings (SSSR count). The normalized spacial score (nSPS) is 13.2. The molecule has 1 unspecified atom stereocenters. The van der Waals surface area contributed by atoms with Gasteiger partial charge in [0, 0.05) is 34.5 Å². The maximum absolute atomic E-state index is 13.1. The van der Waals surface area contributed by atoms with Gasteiger partial charge in [0.25, 0.3) is 5.91 Å². The number of ether oxygens (including phenoxy) is 2. The number of rotatable bonds is 6. The minimum Gasteiger partial charge on any atom is -0.486 e. The molecule has 1 aliphatic heterocycles. The largest absolute Gasteiger partial charge is 0.486 e. The fourth-order valence-electron chi connectivity index (χ4n) is 4.18. The van der Waals surface area contributed by atoms with Crippen molar-refractivity contribution in [2.24, 2.45) is 0 Å². The number of aromatic nitrogens is 4.